The number of carbonyl (C=O) groups is 1. The number of rotatable bonds is 2. The van der Waals surface area contributed by atoms with Crippen molar-refractivity contribution in [3.63, 3.8) is 0 Å². The lowest BCUT2D eigenvalue weighted by Crippen LogP contribution is -2.28. The molecule has 1 aliphatic heterocycles. The molecule has 0 saturated carbocycles. The summed E-state index contributed by atoms with van der Waals surface area (Å²) in [6.45, 7) is 1.93. The van der Waals surface area contributed by atoms with Crippen LogP contribution in [0.2, 0.25) is 0 Å². The molecule has 1 saturated heterocycles. The molecule has 5 nitrogen and oxygen atoms in total. The van der Waals surface area contributed by atoms with Gasteiger partial charge in [-0.15, -0.1) is 10.2 Å². The lowest BCUT2D eigenvalue weighted by molar-refractivity contribution is 0.0695. The van der Waals surface area contributed by atoms with Crippen LogP contribution in [0.4, 0.5) is 0 Å². The monoisotopic (exact) mass is 213 g/mol. The smallest absolute Gasteiger partial charge is 0.367 e. The number of piperidine rings is 1. The molecule has 0 spiro atoms. The second kappa shape index (κ2) is 4.02. The van der Waals surface area contributed by atoms with Crippen LogP contribution in [-0.4, -0.2) is 34.4 Å². The molecule has 1 aromatic heterocycles. The predicted molar refractivity (Wildman–Crippen MR) is 51.7 cm³/mol. The third-order valence-corrected chi connectivity index (χ3v) is 3.34. The Morgan fingerprint density at radius 1 is 1.57 bits per heavy atom. The van der Waals surface area contributed by atoms with Gasteiger partial charge < -0.3 is 10.4 Å². The molecular weight excluding hydrogens is 202 g/mol. The van der Waals surface area contributed by atoms with Crippen LogP contribution in [0, 0.1) is 0 Å². The minimum atomic E-state index is -0.988. The average molecular weight is 213 g/mol. The van der Waals surface area contributed by atoms with Crippen LogP contribution >= 0.6 is 11.3 Å². The van der Waals surface area contributed by atoms with Crippen LogP contribution in [0.25, 0.3) is 0 Å². The van der Waals surface area contributed by atoms with Gasteiger partial charge in [0.2, 0.25) is 5.01 Å². The van der Waals surface area contributed by atoms with E-state index in [9.17, 15) is 4.79 Å². The van der Waals surface area contributed by atoms with Crippen molar-refractivity contribution in [3.05, 3.63) is 10.0 Å². The van der Waals surface area contributed by atoms with E-state index in [1.54, 1.807) is 0 Å². The maximum absolute atomic E-state index is 10.6. The molecule has 1 aromatic rings. The average Bonchev–Trinajstić information content (AvgIpc) is 2.68. The van der Waals surface area contributed by atoms with Gasteiger partial charge in [0, 0.05) is 12.5 Å². The number of carboxylic acids is 1. The fourth-order valence-electron chi connectivity index (χ4n) is 1.55. The second-order valence-electron chi connectivity index (χ2n) is 3.29. The Morgan fingerprint density at radius 3 is 3.00 bits per heavy atom. The lowest BCUT2D eigenvalue weighted by Gasteiger charge is -2.19. The zero-order valence-electron chi connectivity index (χ0n) is 7.56. The van der Waals surface area contributed by atoms with Crippen molar-refractivity contribution >= 4 is 17.3 Å². The summed E-state index contributed by atoms with van der Waals surface area (Å²) < 4.78 is 0. The first-order chi connectivity index (χ1) is 6.77. The molecule has 2 rings (SSSR count). The molecular formula is C8H11N3O2S. The zero-order chi connectivity index (χ0) is 9.97. The summed E-state index contributed by atoms with van der Waals surface area (Å²) in [5.41, 5.74) is 0. The molecule has 76 valence electrons. The van der Waals surface area contributed by atoms with Crippen LogP contribution in [0.15, 0.2) is 0 Å². The number of hydrogen-bond donors (Lipinski definition) is 2. The van der Waals surface area contributed by atoms with E-state index in [-0.39, 0.29) is 5.01 Å². The van der Waals surface area contributed by atoms with Crippen LogP contribution < -0.4 is 5.32 Å². The SMILES string of the molecule is O=C(O)c1nnc(C2CCCNC2)s1. The summed E-state index contributed by atoms with van der Waals surface area (Å²) in [7, 11) is 0. The van der Waals surface area contributed by atoms with Crippen molar-refractivity contribution in [1.29, 1.82) is 0 Å². The number of hydrogen-bond acceptors (Lipinski definition) is 5. The van der Waals surface area contributed by atoms with E-state index in [1.165, 1.54) is 11.3 Å². The molecule has 1 atom stereocenters. The quantitative estimate of drug-likeness (QED) is 0.756. The van der Waals surface area contributed by atoms with Crippen molar-refractivity contribution in [3.8, 4) is 0 Å². The van der Waals surface area contributed by atoms with Crippen molar-refractivity contribution in [1.82, 2.24) is 15.5 Å². The summed E-state index contributed by atoms with van der Waals surface area (Å²) in [4.78, 5) is 10.6. The van der Waals surface area contributed by atoms with Gasteiger partial charge in [0.05, 0.1) is 0 Å². The standard InChI is InChI=1S/C8H11N3O2S/c12-8(13)7-11-10-6(14-7)5-2-1-3-9-4-5/h5,9H,1-4H2,(H,12,13). The van der Waals surface area contributed by atoms with Gasteiger partial charge in [0.25, 0.3) is 0 Å². The first-order valence-corrected chi connectivity index (χ1v) is 5.36. The molecule has 14 heavy (non-hydrogen) atoms. The number of aromatic nitrogens is 2. The van der Waals surface area contributed by atoms with Gasteiger partial charge in [-0.2, -0.15) is 0 Å². The van der Waals surface area contributed by atoms with Crippen molar-refractivity contribution < 1.29 is 9.90 Å². The number of nitrogens with zero attached hydrogens (tertiary/aromatic N) is 2. The maximum atomic E-state index is 10.6. The summed E-state index contributed by atoms with van der Waals surface area (Å²) in [5.74, 6) is -0.646. The Bertz CT molecular complexity index is 333. The Hall–Kier alpha value is -1.01. The molecule has 0 aromatic carbocycles. The van der Waals surface area contributed by atoms with Gasteiger partial charge in [-0.05, 0) is 19.4 Å². The third kappa shape index (κ3) is 1.91. The van der Waals surface area contributed by atoms with Crippen LogP contribution in [0.3, 0.4) is 0 Å². The summed E-state index contributed by atoms with van der Waals surface area (Å²) in [5, 5.41) is 20.4. The summed E-state index contributed by atoms with van der Waals surface area (Å²) in [6, 6.07) is 0. The van der Waals surface area contributed by atoms with Gasteiger partial charge in [0.1, 0.15) is 5.01 Å². The molecule has 1 unspecified atom stereocenters. The van der Waals surface area contributed by atoms with Crippen molar-refractivity contribution in [2.24, 2.45) is 0 Å². The van der Waals surface area contributed by atoms with Crippen LogP contribution in [0.5, 0.6) is 0 Å². The van der Waals surface area contributed by atoms with Crippen LogP contribution in [-0.2, 0) is 0 Å². The number of nitrogens with one attached hydrogen (secondary N) is 1. The molecule has 1 aliphatic rings. The van der Waals surface area contributed by atoms with E-state index < -0.39 is 5.97 Å². The number of aromatic carboxylic acids is 1. The van der Waals surface area contributed by atoms with Gasteiger partial charge in [0.15, 0.2) is 0 Å². The topological polar surface area (TPSA) is 75.1 Å². The highest BCUT2D eigenvalue weighted by atomic mass is 32.1. The maximum Gasteiger partial charge on any atom is 0.367 e. The molecule has 2 heterocycles. The Labute approximate surface area is 85.2 Å². The molecule has 6 heteroatoms. The van der Waals surface area contributed by atoms with E-state index in [2.05, 4.69) is 15.5 Å². The molecule has 0 amide bonds. The van der Waals surface area contributed by atoms with E-state index in [0.29, 0.717) is 5.92 Å². The second-order valence-corrected chi connectivity index (χ2v) is 4.30. The first-order valence-electron chi connectivity index (χ1n) is 4.55. The van der Waals surface area contributed by atoms with Gasteiger partial charge in [-0.3, -0.25) is 0 Å². The highest BCUT2D eigenvalue weighted by Crippen LogP contribution is 2.25. The molecule has 0 radical (unpaired) electrons. The Balaban J connectivity index is 2.11. The Kier molecular flexibility index (Phi) is 2.74. The van der Waals surface area contributed by atoms with Crippen molar-refractivity contribution in [2.45, 2.75) is 18.8 Å². The van der Waals surface area contributed by atoms with E-state index in [0.717, 1.165) is 30.9 Å². The minimum Gasteiger partial charge on any atom is -0.476 e. The molecule has 1 fully saturated rings. The van der Waals surface area contributed by atoms with Crippen LogP contribution in [0.1, 0.15) is 33.6 Å². The normalized spacial score (nSPS) is 22.1. The highest BCUT2D eigenvalue weighted by Gasteiger charge is 2.20. The van der Waals surface area contributed by atoms with E-state index in [1.807, 2.05) is 0 Å². The lowest BCUT2D eigenvalue weighted by atomic mass is 10.0. The first kappa shape index (κ1) is 9.54. The van der Waals surface area contributed by atoms with E-state index in [4.69, 9.17) is 5.11 Å². The van der Waals surface area contributed by atoms with Crippen molar-refractivity contribution in [2.75, 3.05) is 13.1 Å². The molecule has 0 aliphatic carbocycles. The number of carboxylic acid groups (broad SMARTS) is 1. The molecule has 0 bridgehead atoms. The fourth-order valence-corrected chi connectivity index (χ4v) is 2.37. The highest BCUT2D eigenvalue weighted by molar-refractivity contribution is 7.13. The Morgan fingerprint density at radius 2 is 2.43 bits per heavy atom. The van der Waals surface area contributed by atoms with E-state index >= 15 is 0 Å². The third-order valence-electron chi connectivity index (χ3n) is 2.27. The fraction of sp³-hybridized carbons (Fsp3) is 0.625. The summed E-state index contributed by atoms with van der Waals surface area (Å²) in [6.07, 6.45) is 2.19. The van der Waals surface area contributed by atoms with Gasteiger partial charge in [-0.25, -0.2) is 4.79 Å². The zero-order valence-corrected chi connectivity index (χ0v) is 8.38. The predicted octanol–water partition coefficient (Wildman–Crippen LogP) is 0.703. The van der Waals surface area contributed by atoms with Gasteiger partial charge >= 0.3 is 5.97 Å². The molecule has 2 N–H and O–H groups in total. The van der Waals surface area contributed by atoms with Gasteiger partial charge in [-0.1, -0.05) is 11.3 Å². The largest absolute Gasteiger partial charge is 0.476 e. The summed E-state index contributed by atoms with van der Waals surface area (Å²) >= 11 is 1.19. The minimum absolute atomic E-state index is 0.0885.